The Morgan fingerprint density at radius 2 is 1.82 bits per heavy atom. The molecule has 212 valence electrons. The maximum Gasteiger partial charge on any atom is 0.404 e. The summed E-state index contributed by atoms with van der Waals surface area (Å²) in [5.74, 6) is -1.50. The Kier molecular flexibility index (Phi) is 7.49. The van der Waals surface area contributed by atoms with Crippen LogP contribution in [0, 0.1) is 12.8 Å². The van der Waals surface area contributed by atoms with Gasteiger partial charge < -0.3 is 20.2 Å². The first-order valence-electron chi connectivity index (χ1n) is 13.0. The van der Waals surface area contributed by atoms with Crippen molar-refractivity contribution in [3.8, 4) is 0 Å². The number of carbonyl (C=O) groups excluding carboxylic acids is 2. The molecule has 2 aliphatic rings. The first-order valence-corrected chi connectivity index (χ1v) is 15.0. The predicted molar refractivity (Wildman–Crippen MR) is 148 cm³/mol. The molecule has 5 rings (SSSR count). The van der Waals surface area contributed by atoms with Gasteiger partial charge in [0.1, 0.15) is 5.82 Å². The van der Waals surface area contributed by atoms with E-state index in [-0.39, 0.29) is 17.0 Å². The third-order valence-corrected chi connectivity index (χ3v) is 9.81. The number of sulfone groups is 1. The number of imidazole rings is 1. The van der Waals surface area contributed by atoms with E-state index < -0.39 is 39.6 Å². The highest BCUT2D eigenvalue weighted by Crippen LogP contribution is 2.28. The van der Waals surface area contributed by atoms with Crippen molar-refractivity contribution in [3.05, 3.63) is 59.1 Å². The quantitative estimate of drug-likeness (QED) is 0.431. The maximum atomic E-state index is 13.7. The van der Waals surface area contributed by atoms with Gasteiger partial charge in [0.25, 0.3) is 0 Å². The van der Waals surface area contributed by atoms with E-state index in [9.17, 15) is 27.9 Å². The first kappa shape index (κ1) is 27.9. The summed E-state index contributed by atoms with van der Waals surface area (Å²) in [6, 6.07) is 8.63. The number of fused-ring (bicyclic) bond motifs is 2. The number of hydrogen-bond acceptors (Lipinski definition) is 6. The van der Waals surface area contributed by atoms with Crippen LogP contribution in [0.4, 0.5) is 9.59 Å². The first-order chi connectivity index (χ1) is 18.9. The highest BCUT2D eigenvalue weighted by molar-refractivity contribution is 7.91. The fourth-order valence-corrected chi connectivity index (χ4v) is 7.46. The second kappa shape index (κ2) is 10.7. The smallest absolute Gasteiger partial charge is 0.404 e. The van der Waals surface area contributed by atoms with Gasteiger partial charge in [0.2, 0.25) is 5.91 Å². The number of piperidine rings is 1. The number of aryl methyl sites for hydroxylation is 1. The van der Waals surface area contributed by atoms with Gasteiger partial charge in [0, 0.05) is 30.2 Å². The summed E-state index contributed by atoms with van der Waals surface area (Å²) in [7, 11) is -3.96. The van der Waals surface area contributed by atoms with Gasteiger partial charge in [-0.3, -0.25) is 9.36 Å². The molecule has 3 aromatic rings. The van der Waals surface area contributed by atoms with E-state index in [0.29, 0.717) is 48.7 Å². The SMILES string of the molecule is Cc1ncc2n1C(=O)N(C1CCN(C(=O)C(CS(=O)(=O)c3ccc4cc(Cl)ccc4c3)C(C)NC(=O)O)CC1)C2. The molecule has 3 amide bonds. The topological polar surface area (TPSA) is 142 Å². The average Bonchev–Trinajstić information content (AvgIpc) is 3.45. The number of halogens is 1. The third-order valence-electron chi connectivity index (χ3n) is 7.80. The highest BCUT2D eigenvalue weighted by Gasteiger charge is 2.39. The summed E-state index contributed by atoms with van der Waals surface area (Å²) in [6.45, 7) is 4.38. The van der Waals surface area contributed by atoms with Crippen molar-refractivity contribution in [1.29, 1.82) is 0 Å². The molecule has 1 aromatic heterocycles. The third kappa shape index (κ3) is 5.37. The summed E-state index contributed by atoms with van der Waals surface area (Å²) >= 11 is 6.04. The van der Waals surface area contributed by atoms with E-state index in [2.05, 4.69) is 10.3 Å². The Bertz CT molecular complexity index is 1600. The minimum absolute atomic E-state index is 0.0441. The van der Waals surface area contributed by atoms with E-state index in [1.54, 1.807) is 51.8 Å². The summed E-state index contributed by atoms with van der Waals surface area (Å²) in [4.78, 5) is 45.6. The van der Waals surface area contributed by atoms with E-state index in [1.807, 2.05) is 0 Å². The molecule has 2 aromatic carbocycles. The minimum atomic E-state index is -3.96. The van der Waals surface area contributed by atoms with E-state index in [1.165, 1.54) is 19.1 Å². The van der Waals surface area contributed by atoms with Crippen LogP contribution in [0.25, 0.3) is 10.8 Å². The second-order valence-corrected chi connectivity index (χ2v) is 12.8. The number of carbonyl (C=O) groups is 3. The lowest BCUT2D eigenvalue weighted by Crippen LogP contribution is -2.53. The summed E-state index contributed by atoms with van der Waals surface area (Å²) in [5.41, 5.74) is 0.830. The Hall–Kier alpha value is -3.64. The van der Waals surface area contributed by atoms with Crippen molar-refractivity contribution in [2.24, 2.45) is 5.92 Å². The van der Waals surface area contributed by atoms with E-state index >= 15 is 0 Å². The number of nitrogens with zero attached hydrogens (tertiary/aromatic N) is 4. The Labute approximate surface area is 236 Å². The van der Waals surface area contributed by atoms with Crippen molar-refractivity contribution < 1.29 is 27.9 Å². The zero-order valence-electron chi connectivity index (χ0n) is 22.1. The van der Waals surface area contributed by atoms with Crippen LogP contribution >= 0.6 is 11.6 Å². The van der Waals surface area contributed by atoms with E-state index in [4.69, 9.17) is 11.6 Å². The monoisotopic (exact) mass is 587 g/mol. The fourth-order valence-electron chi connectivity index (χ4n) is 5.60. The molecule has 0 radical (unpaired) electrons. The molecule has 2 aliphatic heterocycles. The molecule has 13 heteroatoms. The van der Waals surface area contributed by atoms with Crippen LogP contribution in [-0.4, -0.2) is 81.8 Å². The zero-order chi connectivity index (χ0) is 28.8. The molecule has 2 N–H and O–H groups in total. The van der Waals surface area contributed by atoms with Gasteiger partial charge >= 0.3 is 12.1 Å². The lowest BCUT2D eigenvalue weighted by atomic mass is 9.98. The van der Waals surface area contributed by atoms with Crippen LogP contribution in [0.5, 0.6) is 0 Å². The van der Waals surface area contributed by atoms with Crippen LogP contribution in [0.1, 0.15) is 31.3 Å². The summed E-state index contributed by atoms with van der Waals surface area (Å²) in [6.07, 6.45) is 1.41. The van der Waals surface area contributed by atoms with Crippen LogP contribution in [0.3, 0.4) is 0 Å². The molecular weight excluding hydrogens is 558 g/mol. The lowest BCUT2D eigenvalue weighted by Gasteiger charge is -2.38. The number of hydrogen-bond donors (Lipinski definition) is 2. The van der Waals surface area contributed by atoms with Crippen LogP contribution in [0.15, 0.2) is 47.5 Å². The van der Waals surface area contributed by atoms with Crippen molar-refractivity contribution in [2.45, 2.75) is 50.2 Å². The molecular formula is C27H30ClN5O6S. The highest BCUT2D eigenvalue weighted by atomic mass is 35.5. The summed E-state index contributed by atoms with van der Waals surface area (Å²) in [5, 5.41) is 13.6. The fraction of sp³-hybridized carbons (Fsp3) is 0.407. The Morgan fingerprint density at radius 3 is 2.50 bits per heavy atom. The maximum absolute atomic E-state index is 13.7. The number of nitrogens with one attached hydrogen (secondary N) is 1. The summed E-state index contributed by atoms with van der Waals surface area (Å²) < 4.78 is 28.6. The van der Waals surface area contributed by atoms with Gasteiger partial charge in [0.05, 0.1) is 35.0 Å². The van der Waals surface area contributed by atoms with Gasteiger partial charge in [-0.15, -0.1) is 0 Å². The molecule has 1 fully saturated rings. The second-order valence-electron chi connectivity index (χ2n) is 10.4. The number of rotatable bonds is 7. The largest absolute Gasteiger partial charge is 0.465 e. The predicted octanol–water partition coefficient (Wildman–Crippen LogP) is 3.52. The number of aromatic nitrogens is 2. The standard InChI is InChI=1S/C27H30ClN5O6S/c1-16(30-26(35)36)24(15-40(38,39)23-6-4-18-11-20(28)5-3-19(18)12-23)25(34)31-9-7-21(8-10-31)32-14-22-13-29-17(2)33(22)27(32)37/h3-6,11-13,16,21,24,30H,7-10,14-15H2,1-2H3,(H,35,36). The lowest BCUT2D eigenvalue weighted by molar-refractivity contribution is -0.137. The van der Waals surface area contributed by atoms with Crippen molar-refractivity contribution in [2.75, 3.05) is 18.8 Å². The van der Waals surface area contributed by atoms with Gasteiger partial charge in [-0.1, -0.05) is 23.7 Å². The Morgan fingerprint density at radius 1 is 1.15 bits per heavy atom. The molecule has 3 heterocycles. The molecule has 2 unspecified atom stereocenters. The number of amides is 3. The van der Waals surface area contributed by atoms with Gasteiger partial charge in [-0.25, -0.2) is 23.0 Å². The molecule has 40 heavy (non-hydrogen) atoms. The van der Waals surface area contributed by atoms with Crippen molar-refractivity contribution >= 4 is 50.2 Å². The molecule has 0 saturated carbocycles. The van der Waals surface area contributed by atoms with Crippen molar-refractivity contribution in [1.82, 2.24) is 24.7 Å². The zero-order valence-corrected chi connectivity index (χ0v) is 23.7. The minimum Gasteiger partial charge on any atom is -0.465 e. The van der Waals surface area contributed by atoms with Crippen LogP contribution in [0.2, 0.25) is 5.02 Å². The normalized spacial score (nSPS) is 17.6. The molecule has 0 bridgehead atoms. The number of carboxylic acid groups (broad SMARTS) is 1. The molecule has 2 atom stereocenters. The van der Waals surface area contributed by atoms with Gasteiger partial charge in [0.15, 0.2) is 9.84 Å². The average molecular weight is 588 g/mol. The van der Waals surface area contributed by atoms with Crippen LogP contribution in [-0.2, 0) is 21.2 Å². The van der Waals surface area contributed by atoms with Gasteiger partial charge in [-0.2, -0.15) is 0 Å². The Balaban J connectivity index is 1.31. The van der Waals surface area contributed by atoms with Crippen molar-refractivity contribution in [3.63, 3.8) is 0 Å². The molecule has 11 nitrogen and oxygen atoms in total. The number of benzene rings is 2. The molecule has 0 spiro atoms. The van der Waals surface area contributed by atoms with Gasteiger partial charge in [-0.05, 0) is 61.7 Å². The molecule has 1 saturated heterocycles. The van der Waals surface area contributed by atoms with Crippen LogP contribution < -0.4 is 5.32 Å². The van der Waals surface area contributed by atoms with E-state index in [0.717, 1.165) is 11.1 Å². The number of likely N-dealkylation sites (tertiary alicyclic amines) is 1. The molecule has 0 aliphatic carbocycles.